The average molecular weight is 351 g/mol. The summed E-state index contributed by atoms with van der Waals surface area (Å²) < 4.78 is 0. The van der Waals surface area contributed by atoms with Crippen molar-refractivity contribution in [2.24, 2.45) is 0 Å². The fourth-order valence-electron chi connectivity index (χ4n) is 1.70. The van der Waals surface area contributed by atoms with Crippen LogP contribution in [0.5, 0.6) is 0 Å². The van der Waals surface area contributed by atoms with Gasteiger partial charge in [0.2, 0.25) is 0 Å². The van der Waals surface area contributed by atoms with Gasteiger partial charge >= 0.3 is 5.97 Å². The van der Waals surface area contributed by atoms with Crippen LogP contribution < -0.4 is 0 Å². The van der Waals surface area contributed by atoms with Gasteiger partial charge in [-0.1, -0.05) is 46.4 Å². The first-order valence-corrected chi connectivity index (χ1v) is 6.91. The molecule has 1 aromatic heterocycles. The van der Waals surface area contributed by atoms with Gasteiger partial charge < -0.3 is 5.11 Å². The van der Waals surface area contributed by atoms with E-state index in [0.717, 1.165) is 0 Å². The highest BCUT2D eigenvalue weighted by Crippen LogP contribution is 2.39. The molecule has 7 heteroatoms. The second-order valence-electron chi connectivity index (χ2n) is 3.95. The van der Waals surface area contributed by atoms with Crippen molar-refractivity contribution in [3.8, 4) is 11.3 Å². The first kappa shape index (κ1) is 15.4. The van der Waals surface area contributed by atoms with E-state index < -0.39 is 5.97 Å². The van der Waals surface area contributed by atoms with Crippen LogP contribution in [0.3, 0.4) is 0 Å². The van der Waals surface area contributed by atoms with Gasteiger partial charge in [0, 0.05) is 16.8 Å². The van der Waals surface area contributed by atoms with Gasteiger partial charge in [-0.3, -0.25) is 9.78 Å². The number of aromatic nitrogens is 1. The van der Waals surface area contributed by atoms with Crippen molar-refractivity contribution >= 4 is 52.4 Å². The summed E-state index contributed by atoms with van der Waals surface area (Å²) in [6, 6.07) is 4.62. The topological polar surface area (TPSA) is 50.2 Å². The number of aliphatic carboxylic acids is 1. The Hall–Kier alpha value is -1.000. The second-order valence-corrected chi connectivity index (χ2v) is 5.55. The molecule has 0 saturated carbocycles. The zero-order valence-electron chi connectivity index (χ0n) is 9.83. The molecule has 1 aromatic carbocycles. The molecule has 2 aromatic rings. The molecule has 3 nitrogen and oxygen atoms in total. The molecule has 0 aliphatic carbocycles. The normalized spacial score (nSPS) is 10.6. The summed E-state index contributed by atoms with van der Waals surface area (Å²) in [6.45, 7) is 0. The molecule has 0 atom stereocenters. The molecule has 1 heterocycles. The predicted octanol–water partition coefficient (Wildman–Crippen LogP) is 4.99. The van der Waals surface area contributed by atoms with E-state index >= 15 is 0 Å². The van der Waals surface area contributed by atoms with E-state index in [0.29, 0.717) is 21.8 Å². The molecule has 0 amide bonds. The first-order valence-electron chi connectivity index (χ1n) is 5.40. The van der Waals surface area contributed by atoms with Crippen molar-refractivity contribution < 1.29 is 9.90 Å². The number of hydrogen-bond donors (Lipinski definition) is 1. The fourth-order valence-corrected chi connectivity index (χ4v) is 2.67. The summed E-state index contributed by atoms with van der Waals surface area (Å²) in [6.07, 6.45) is 1.25. The minimum atomic E-state index is -0.987. The third kappa shape index (κ3) is 3.18. The highest BCUT2D eigenvalue weighted by atomic mass is 35.5. The molecule has 0 radical (unpaired) electrons. The highest BCUT2D eigenvalue weighted by Gasteiger charge is 2.16. The number of benzene rings is 1. The smallest absolute Gasteiger partial charge is 0.307 e. The van der Waals surface area contributed by atoms with Crippen molar-refractivity contribution in [3.05, 3.63) is 50.0 Å². The maximum Gasteiger partial charge on any atom is 0.307 e. The number of hydrogen-bond acceptors (Lipinski definition) is 2. The molecule has 0 saturated heterocycles. The molecule has 1 N–H and O–H groups in total. The minimum Gasteiger partial charge on any atom is -0.481 e. The molecule has 0 bridgehead atoms. The van der Waals surface area contributed by atoms with Gasteiger partial charge in [-0.2, -0.15) is 0 Å². The number of halogens is 4. The zero-order chi connectivity index (χ0) is 14.9. The lowest BCUT2D eigenvalue weighted by molar-refractivity contribution is -0.136. The Morgan fingerprint density at radius 1 is 1.15 bits per heavy atom. The Morgan fingerprint density at radius 2 is 1.85 bits per heavy atom. The molecule has 0 unspecified atom stereocenters. The van der Waals surface area contributed by atoms with Crippen LogP contribution in [0.2, 0.25) is 20.1 Å². The van der Waals surface area contributed by atoms with Gasteiger partial charge in [0.15, 0.2) is 0 Å². The molecule has 2 rings (SSSR count). The van der Waals surface area contributed by atoms with E-state index in [-0.39, 0.29) is 21.5 Å². The van der Waals surface area contributed by atoms with Crippen molar-refractivity contribution in [2.45, 2.75) is 6.42 Å². The van der Waals surface area contributed by atoms with Crippen LogP contribution in [0.25, 0.3) is 11.3 Å². The van der Waals surface area contributed by atoms with Gasteiger partial charge in [0.05, 0.1) is 27.2 Å². The fraction of sp³-hybridized carbons (Fsp3) is 0.0769. The molecule has 20 heavy (non-hydrogen) atoms. The van der Waals surface area contributed by atoms with Gasteiger partial charge in [0.25, 0.3) is 0 Å². The van der Waals surface area contributed by atoms with Gasteiger partial charge in [-0.15, -0.1) is 0 Å². The van der Waals surface area contributed by atoms with E-state index in [2.05, 4.69) is 4.98 Å². The van der Waals surface area contributed by atoms with Crippen LogP contribution in [0, 0.1) is 0 Å². The summed E-state index contributed by atoms with van der Waals surface area (Å²) in [5.41, 5.74) is 1.25. The summed E-state index contributed by atoms with van der Waals surface area (Å²) in [5, 5.41) is 9.99. The second kappa shape index (κ2) is 6.19. The van der Waals surface area contributed by atoms with E-state index in [4.69, 9.17) is 51.5 Å². The largest absolute Gasteiger partial charge is 0.481 e. The van der Waals surface area contributed by atoms with Gasteiger partial charge in [0.1, 0.15) is 0 Å². The zero-order valence-corrected chi connectivity index (χ0v) is 12.9. The molecule has 0 fully saturated rings. The molecule has 0 spiro atoms. The van der Waals surface area contributed by atoms with E-state index in [1.165, 1.54) is 12.3 Å². The quantitative estimate of drug-likeness (QED) is 0.793. The minimum absolute atomic E-state index is 0.208. The van der Waals surface area contributed by atoms with Crippen LogP contribution in [-0.4, -0.2) is 16.1 Å². The summed E-state index contributed by atoms with van der Waals surface area (Å²) in [4.78, 5) is 14.9. The molecule has 0 aliphatic rings. The summed E-state index contributed by atoms with van der Waals surface area (Å²) >= 11 is 24.2. The van der Waals surface area contributed by atoms with Crippen LogP contribution in [-0.2, 0) is 11.2 Å². The molecule has 104 valence electrons. The van der Waals surface area contributed by atoms with E-state index in [1.807, 2.05) is 0 Å². The Morgan fingerprint density at radius 3 is 2.50 bits per heavy atom. The number of pyridine rings is 1. The summed E-state index contributed by atoms with van der Waals surface area (Å²) in [7, 11) is 0. The Kier molecular flexibility index (Phi) is 4.76. The number of carboxylic acid groups (broad SMARTS) is 1. The standard InChI is InChI=1S/C13H7Cl4NO2/c14-7-4-8(12(17)9(15)5-7)13-11(16)6(1-2-18-13)3-10(19)20/h1-2,4-5H,3H2,(H,19,20). The van der Waals surface area contributed by atoms with E-state index in [9.17, 15) is 4.79 Å². The average Bonchev–Trinajstić information content (AvgIpc) is 2.36. The number of carboxylic acids is 1. The lowest BCUT2D eigenvalue weighted by atomic mass is 10.1. The Bertz CT molecular complexity index is 688. The van der Waals surface area contributed by atoms with E-state index in [1.54, 1.807) is 12.1 Å². The van der Waals surface area contributed by atoms with Crippen molar-refractivity contribution in [3.63, 3.8) is 0 Å². The number of nitrogens with zero attached hydrogens (tertiary/aromatic N) is 1. The van der Waals surface area contributed by atoms with Gasteiger partial charge in [-0.25, -0.2) is 0 Å². The van der Waals surface area contributed by atoms with Crippen LogP contribution in [0.1, 0.15) is 5.56 Å². The van der Waals surface area contributed by atoms with Crippen molar-refractivity contribution in [2.75, 3.05) is 0 Å². The monoisotopic (exact) mass is 349 g/mol. The third-order valence-corrected chi connectivity index (χ3v) is 4.00. The highest BCUT2D eigenvalue weighted by molar-refractivity contribution is 6.45. The molecular weight excluding hydrogens is 344 g/mol. The Balaban J connectivity index is 2.62. The molecule has 0 aliphatic heterocycles. The number of carbonyl (C=O) groups is 1. The Labute approximate surface area is 135 Å². The lowest BCUT2D eigenvalue weighted by Crippen LogP contribution is -2.02. The predicted molar refractivity (Wildman–Crippen MR) is 81.1 cm³/mol. The van der Waals surface area contributed by atoms with Crippen LogP contribution in [0.4, 0.5) is 0 Å². The first-order chi connectivity index (χ1) is 9.40. The van der Waals surface area contributed by atoms with Crippen LogP contribution >= 0.6 is 46.4 Å². The maximum atomic E-state index is 10.8. The molecular formula is C13H7Cl4NO2. The SMILES string of the molecule is O=C(O)Cc1ccnc(-c2cc(Cl)cc(Cl)c2Cl)c1Cl. The van der Waals surface area contributed by atoms with Crippen LogP contribution in [0.15, 0.2) is 24.4 Å². The van der Waals surface area contributed by atoms with Crippen molar-refractivity contribution in [1.29, 1.82) is 0 Å². The summed E-state index contributed by atoms with van der Waals surface area (Å²) in [5.74, 6) is -0.987. The van der Waals surface area contributed by atoms with Crippen molar-refractivity contribution in [1.82, 2.24) is 4.98 Å². The third-order valence-electron chi connectivity index (χ3n) is 2.56. The lowest BCUT2D eigenvalue weighted by Gasteiger charge is -2.10. The maximum absolute atomic E-state index is 10.8. The number of rotatable bonds is 3. The van der Waals surface area contributed by atoms with Gasteiger partial charge in [-0.05, 0) is 23.8 Å².